The number of fused-ring (bicyclic) bond motifs is 1. The summed E-state index contributed by atoms with van der Waals surface area (Å²) in [5, 5.41) is 4.16. The molecule has 0 saturated heterocycles. The van der Waals surface area contributed by atoms with E-state index in [9.17, 15) is 13.2 Å². The lowest BCUT2D eigenvalue weighted by atomic mass is 10.2. The van der Waals surface area contributed by atoms with Crippen LogP contribution in [-0.4, -0.2) is 30.7 Å². The second-order valence-electron chi connectivity index (χ2n) is 6.04. The topological polar surface area (TPSA) is 84.3 Å². The number of amides is 1. The van der Waals surface area contributed by atoms with E-state index >= 15 is 0 Å². The summed E-state index contributed by atoms with van der Waals surface area (Å²) in [6.45, 7) is 0.309. The van der Waals surface area contributed by atoms with Crippen LogP contribution in [0.4, 0.5) is 5.69 Å². The Kier molecular flexibility index (Phi) is 4.48. The number of carbonyl (C=O) groups excluding carboxylic acids is 1. The summed E-state index contributed by atoms with van der Waals surface area (Å²) in [6.07, 6.45) is 3.99. The van der Waals surface area contributed by atoms with E-state index < -0.39 is 16.1 Å². The number of aromatic nitrogens is 2. The van der Waals surface area contributed by atoms with Gasteiger partial charge in [-0.05, 0) is 52.2 Å². The van der Waals surface area contributed by atoms with Crippen molar-refractivity contribution in [2.75, 3.05) is 10.8 Å². The van der Waals surface area contributed by atoms with Crippen LogP contribution in [0.15, 0.2) is 65.4 Å². The molecule has 0 atom stereocenters. The Morgan fingerprint density at radius 2 is 1.96 bits per heavy atom. The number of nitrogens with one attached hydrogen (secondary N) is 1. The molecule has 0 fully saturated rings. The smallest absolute Gasteiger partial charge is 0.268 e. The van der Waals surface area contributed by atoms with Gasteiger partial charge in [0.2, 0.25) is 0 Å². The molecule has 7 nitrogen and oxygen atoms in total. The Balaban J connectivity index is 1.57. The van der Waals surface area contributed by atoms with Crippen LogP contribution < -0.4 is 9.03 Å². The fourth-order valence-electron chi connectivity index (χ4n) is 3.02. The van der Waals surface area contributed by atoms with Gasteiger partial charge in [0, 0.05) is 18.3 Å². The van der Waals surface area contributed by atoms with Gasteiger partial charge in [-0.3, -0.25) is 9.10 Å². The van der Waals surface area contributed by atoms with Gasteiger partial charge in [0.15, 0.2) is 0 Å². The Hall–Kier alpha value is -2.65. The third-order valence-corrected chi connectivity index (χ3v) is 6.09. The molecule has 4 rings (SSSR count). The van der Waals surface area contributed by atoms with Gasteiger partial charge in [0.05, 0.1) is 22.0 Å². The summed E-state index contributed by atoms with van der Waals surface area (Å²) >= 11 is 3.32. The quantitative estimate of drug-likeness (QED) is 0.667. The maximum absolute atomic E-state index is 12.7. The van der Waals surface area contributed by atoms with Crippen molar-refractivity contribution in [1.82, 2.24) is 14.5 Å². The van der Waals surface area contributed by atoms with Gasteiger partial charge in [0.1, 0.15) is 0 Å². The highest BCUT2D eigenvalue weighted by atomic mass is 79.9. The Morgan fingerprint density at radius 3 is 2.74 bits per heavy atom. The second-order valence-corrected chi connectivity index (χ2v) is 8.55. The van der Waals surface area contributed by atoms with Crippen LogP contribution in [0, 0.1) is 0 Å². The molecule has 0 unspecified atom stereocenters. The first-order valence-corrected chi connectivity index (χ1v) is 10.4. The Bertz CT molecular complexity index is 1130. The maximum atomic E-state index is 12.7. The normalized spacial score (nSPS) is 13.4. The molecule has 9 heteroatoms. The van der Waals surface area contributed by atoms with E-state index in [1.165, 1.54) is 4.31 Å². The zero-order chi connectivity index (χ0) is 19.0. The van der Waals surface area contributed by atoms with Crippen molar-refractivity contribution in [3.63, 3.8) is 0 Å². The molecule has 1 aliphatic rings. The van der Waals surface area contributed by atoms with Crippen LogP contribution in [0.2, 0.25) is 0 Å². The number of anilines is 1. The fraction of sp³-hybridized carbons (Fsp3) is 0.111. The predicted molar refractivity (Wildman–Crippen MR) is 105 cm³/mol. The van der Waals surface area contributed by atoms with Crippen LogP contribution in [0.25, 0.3) is 5.69 Å². The van der Waals surface area contributed by atoms with Crippen LogP contribution in [0.1, 0.15) is 15.9 Å². The molecule has 0 radical (unpaired) electrons. The highest BCUT2D eigenvalue weighted by Gasteiger charge is 2.30. The number of rotatable bonds is 4. The van der Waals surface area contributed by atoms with E-state index in [1.54, 1.807) is 53.5 Å². The van der Waals surface area contributed by atoms with Crippen LogP contribution in [0.3, 0.4) is 0 Å². The van der Waals surface area contributed by atoms with Crippen molar-refractivity contribution in [2.24, 2.45) is 0 Å². The summed E-state index contributed by atoms with van der Waals surface area (Å²) < 4.78 is 31.2. The van der Waals surface area contributed by atoms with Crippen molar-refractivity contribution < 1.29 is 13.2 Å². The van der Waals surface area contributed by atoms with Crippen molar-refractivity contribution in [1.29, 1.82) is 0 Å². The lowest BCUT2D eigenvalue weighted by Crippen LogP contribution is -2.42. The van der Waals surface area contributed by atoms with Gasteiger partial charge in [-0.1, -0.05) is 24.3 Å². The fourth-order valence-corrected chi connectivity index (χ4v) is 4.54. The molecule has 1 aliphatic heterocycles. The molecular formula is C18H15BrN4O3S. The third kappa shape index (κ3) is 3.47. The minimum Gasteiger partial charge on any atom is -0.268 e. The van der Waals surface area contributed by atoms with Crippen LogP contribution >= 0.6 is 15.9 Å². The number of hydrogen-bond acceptors (Lipinski definition) is 4. The number of halogens is 1. The number of para-hydroxylation sites is 1. The summed E-state index contributed by atoms with van der Waals surface area (Å²) in [5.41, 5.74) is 2.43. The minimum atomic E-state index is -3.99. The van der Waals surface area contributed by atoms with Crippen molar-refractivity contribution >= 4 is 37.7 Å². The van der Waals surface area contributed by atoms with Gasteiger partial charge in [-0.2, -0.15) is 13.5 Å². The van der Waals surface area contributed by atoms with E-state index in [1.807, 2.05) is 12.1 Å². The molecule has 1 N–H and O–H groups in total. The first-order chi connectivity index (χ1) is 12.9. The second kappa shape index (κ2) is 6.82. The molecule has 0 saturated carbocycles. The lowest BCUT2D eigenvalue weighted by Gasteiger charge is -2.19. The van der Waals surface area contributed by atoms with E-state index in [0.29, 0.717) is 24.3 Å². The Labute approximate surface area is 164 Å². The molecular weight excluding hydrogens is 432 g/mol. The maximum Gasteiger partial charge on any atom is 0.326 e. The van der Waals surface area contributed by atoms with Gasteiger partial charge < -0.3 is 0 Å². The minimum absolute atomic E-state index is 0.232. The van der Waals surface area contributed by atoms with Crippen molar-refractivity contribution in [3.8, 4) is 5.69 Å². The number of hydrogen-bond donors (Lipinski definition) is 1. The number of carbonyl (C=O) groups is 1. The van der Waals surface area contributed by atoms with E-state index in [0.717, 1.165) is 10.0 Å². The molecule has 2 aromatic carbocycles. The SMILES string of the molecule is O=C(NS(=O)(=O)N1CCc2ccccc21)c1cccc(-n2cc(Br)cn2)c1. The lowest BCUT2D eigenvalue weighted by molar-refractivity contribution is 0.0981. The largest absolute Gasteiger partial charge is 0.326 e. The highest BCUT2D eigenvalue weighted by molar-refractivity contribution is 9.10. The van der Waals surface area contributed by atoms with Crippen molar-refractivity contribution in [2.45, 2.75) is 6.42 Å². The van der Waals surface area contributed by atoms with Crippen LogP contribution in [0.5, 0.6) is 0 Å². The van der Waals surface area contributed by atoms with Crippen molar-refractivity contribution in [3.05, 3.63) is 76.5 Å². The molecule has 138 valence electrons. The number of benzene rings is 2. The predicted octanol–water partition coefficient (Wildman–Crippen LogP) is 2.67. The summed E-state index contributed by atoms with van der Waals surface area (Å²) in [4.78, 5) is 12.6. The first-order valence-electron chi connectivity index (χ1n) is 8.17. The standard InChI is InChI=1S/C18H15BrN4O3S/c19-15-11-20-22(12-15)16-6-3-5-14(10-16)18(24)21-27(25,26)23-9-8-13-4-1-2-7-17(13)23/h1-7,10-12H,8-9H2,(H,21,24). The first kappa shape index (κ1) is 17.7. The Morgan fingerprint density at radius 1 is 1.15 bits per heavy atom. The zero-order valence-corrected chi connectivity index (χ0v) is 16.4. The average Bonchev–Trinajstić information content (AvgIpc) is 3.28. The number of nitrogens with zero attached hydrogens (tertiary/aromatic N) is 3. The monoisotopic (exact) mass is 446 g/mol. The molecule has 27 heavy (non-hydrogen) atoms. The van der Waals surface area contributed by atoms with E-state index in [4.69, 9.17) is 0 Å². The third-order valence-electron chi connectivity index (χ3n) is 4.28. The molecule has 0 bridgehead atoms. The van der Waals surface area contributed by atoms with Crippen LogP contribution in [-0.2, 0) is 16.6 Å². The van der Waals surface area contributed by atoms with E-state index in [2.05, 4.69) is 25.8 Å². The molecule has 1 aromatic heterocycles. The zero-order valence-electron chi connectivity index (χ0n) is 14.0. The van der Waals surface area contributed by atoms with Gasteiger partial charge >= 0.3 is 10.2 Å². The van der Waals surface area contributed by atoms with Gasteiger partial charge in [-0.15, -0.1) is 0 Å². The molecule has 0 aliphatic carbocycles. The van der Waals surface area contributed by atoms with E-state index in [-0.39, 0.29) is 5.56 Å². The highest BCUT2D eigenvalue weighted by Crippen LogP contribution is 2.29. The average molecular weight is 447 g/mol. The summed E-state index contributed by atoms with van der Waals surface area (Å²) in [6, 6.07) is 13.9. The van der Waals surface area contributed by atoms with Gasteiger partial charge in [-0.25, -0.2) is 9.40 Å². The summed E-state index contributed by atoms with van der Waals surface area (Å²) in [5.74, 6) is -0.688. The molecule has 1 amide bonds. The molecule has 0 spiro atoms. The van der Waals surface area contributed by atoms with Gasteiger partial charge in [0.25, 0.3) is 5.91 Å². The molecule has 3 aromatic rings. The summed E-state index contributed by atoms with van der Waals surface area (Å²) in [7, 11) is -3.99. The molecule has 2 heterocycles.